The zero-order valence-electron chi connectivity index (χ0n) is 10.2. The molecular weight excluding hydrogens is 259 g/mol. The highest BCUT2D eigenvalue weighted by molar-refractivity contribution is 5.96. The number of halogens is 3. The Labute approximate surface area is 108 Å². The monoisotopic (exact) mass is 273 g/mol. The van der Waals surface area contributed by atoms with Crippen LogP contribution in [0.15, 0.2) is 24.3 Å². The summed E-state index contributed by atoms with van der Waals surface area (Å²) in [6.45, 7) is 1.75. The minimum Gasteiger partial charge on any atom is -0.378 e. The third-order valence-corrected chi connectivity index (χ3v) is 2.96. The predicted molar refractivity (Wildman–Crippen MR) is 63.0 cm³/mol. The first-order valence-corrected chi connectivity index (χ1v) is 5.98. The van der Waals surface area contributed by atoms with Crippen LogP contribution in [-0.4, -0.2) is 31.6 Å². The number of ether oxygens (including phenoxy) is 1. The van der Waals surface area contributed by atoms with Crippen molar-refractivity contribution in [2.75, 3.05) is 19.8 Å². The molecule has 3 nitrogen and oxygen atoms in total. The van der Waals surface area contributed by atoms with Gasteiger partial charge in [-0.1, -0.05) is 12.1 Å². The van der Waals surface area contributed by atoms with Crippen LogP contribution in [0.25, 0.3) is 0 Å². The zero-order chi connectivity index (χ0) is 13.9. The van der Waals surface area contributed by atoms with Crippen molar-refractivity contribution in [2.24, 2.45) is 0 Å². The molecule has 1 aliphatic heterocycles. The molecule has 0 saturated carbocycles. The average molecular weight is 273 g/mol. The van der Waals surface area contributed by atoms with Gasteiger partial charge in [0.05, 0.1) is 18.8 Å². The quantitative estimate of drug-likeness (QED) is 0.859. The van der Waals surface area contributed by atoms with Gasteiger partial charge >= 0.3 is 6.18 Å². The molecule has 0 amide bonds. The highest BCUT2D eigenvalue weighted by atomic mass is 19.4. The Bertz CT molecular complexity index is 436. The van der Waals surface area contributed by atoms with Crippen molar-refractivity contribution < 1.29 is 22.7 Å². The summed E-state index contributed by atoms with van der Waals surface area (Å²) in [6.07, 6.45) is -4.15. The number of Topliss-reactive ketones (excluding diaryl/α,β-unsaturated/α-hetero) is 1. The van der Waals surface area contributed by atoms with Gasteiger partial charge in [0.1, 0.15) is 0 Å². The topological polar surface area (TPSA) is 38.3 Å². The number of nitrogens with one attached hydrogen (secondary N) is 1. The molecule has 1 aromatic carbocycles. The van der Waals surface area contributed by atoms with Crippen LogP contribution in [0.2, 0.25) is 0 Å². The number of morpholine rings is 1. The maximum absolute atomic E-state index is 12.4. The van der Waals surface area contributed by atoms with Crippen LogP contribution in [0.5, 0.6) is 0 Å². The van der Waals surface area contributed by atoms with E-state index in [1.165, 1.54) is 12.1 Å². The highest BCUT2D eigenvalue weighted by Gasteiger charge is 2.30. The molecule has 0 radical (unpaired) electrons. The molecule has 1 unspecified atom stereocenters. The normalized spacial score (nSPS) is 20.3. The second-order valence-corrected chi connectivity index (χ2v) is 4.43. The van der Waals surface area contributed by atoms with Crippen molar-refractivity contribution in [1.82, 2.24) is 5.32 Å². The standard InChI is InChI=1S/C13H14F3NO2/c14-13(15,16)10-3-1-9(2-4-10)12(18)7-11-8-19-6-5-17-11/h1-4,11,17H,5-8H2. The molecule has 0 bridgehead atoms. The van der Waals surface area contributed by atoms with Crippen molar-refractivity contribution >= 4 is 5.78 Å². The Hall–Kier alpha value is -1.40. The summed E-state index contributed by atoms with van der Waals surface area (Å²) in [6, 6.07) is 4.23. The first kappa shape index (κ1) is 14.0. The van der Waals surface area contributed by atoms with Gasteiger partial charge in [-0.15, -0.1) is 0 Å². The van der Waals surface area contributed by atoms with Gasteiger partial charge in [-0.2, -0.15) is 13.2 Å². The molecule has 0 aliphatic carbocycles. The average Bonchev–Trinajstić information content (AvgIpc) is 2.39. The maximum Gasteiger partial charge on any atom is 0.416 e. The van der Waals surface area contributed by atoms with E-state index in [-0.39, 0.29) is 18.2 Å². The summed E-state index contributed by atoms with van der Waals surface area (Å²) in [4.78, 5) is 11.9. The van der Waals surface area contributed by atoms with E-state index in [1.807, 2.05) is 0 Å². The third-order valence-electron chi connectivity index (χ3n) is 2.96. The fourth-order valence-corrected chi connectivity index (χ4v) is 1.94. The number of rotatable bonds is 3. The van der Waals surface area contributed by atoms with E-state index in [1.54, 1.807) is 0 Å². The lowest BCUT2D eigenvalue weighted by Gasteiger charge is -2.23. The van der Waals surface area contributed by atoms with E-state index in [0.29, 0.717) is 25.3 Å². The van der Waals surface area contributed by atoms with Crippen LogP contribution in [0.1, 0.15) is 22.3 Å². The first-order chi connectivity index (χ1) is 8.97. The van der Waals surface area contributed by atoms with E-state index in [2.05, 4.69) is 5.32 Å². The second kappa shape index (κ2) is 5.71. The summed E-state index contributed by atoms with van der Waals surface area (Å²) >= 11 is 0. The van der Waals surface area contributed by atoms with E-state index < -0.39 is 11.7 Å². The lowest BCUT2D eigenvalue weighted by atomic mass is 10.0. The SMILES string of the molecule is O=C(CC1COCCN1)c1ccc(C(F)(F)F)cc1. The molecule has 0 aromatic heterocycles. The van der Waals surface area contributed by atoms with Crippen LogP contribution >= 0.6 is 0 Å². The number of benzene rings is 1. The van der Waals surface area contributed by atoms with Gasteiger partial charge in [-0.3, -0.25) is 4.79 Å². The largest absolute Gasteiger partial charge is 0.416 e. The summed E-state index contributed by atoms with van der Waals surface area (Å²) in [7, 11) is 0. The fourth-order valence-electron chi connectivity index (χ4n) is 1.94. The van der Waals surface area contributed by atoms with Crippen LogP contribution in [0, 0.1) is 0 Å². The van der Waals surface area contributed by atoms with Crippen LogP contribution in [-0.2, 0) is 10.9 Å². The van der Waals surface area contributed by atoms with E-state index >= 15 is 0 Å². The molecule has 19 heavy (non-hydrogen) atoms. The molecule has 1 heterocycles. The Morgan fingerprint density at radius 1 is 1.32 bits per heavy atom. The second-order valence-electron chi connectivity index (χ2n) is 4.43. The Morgan fingerprint density at radius 2 is 2.00 bits per heavy atom. The molecule has 1 saturated heterocycles. The van der Waals surface area contributed by atoms with Crippen molar-refractivity contribution in [2.45, 2.75) is 18.6 Å². The van der Waals surface area contributed by atoms with Gasteiger partial charge in [0.2, 0.25) is 0 Å². The molecular formula is C13H14F3NO2. The molecule has 1 N–H and O–H groups in total. The molecule has 0 spiro atoms. The fraction of sp³-hybridized carbons (Fsp3) is 0.462. The van der Waals surface area contributed by atoms with Crippen molar-refractivity contribution in [3.8, 4) is 0 Å². The van der Waals surface area contributed by atoms with Gasteiger partial charge in [-0.25, -0.2) is 0 Å². The molecule has 1 aliphatic rings. The number of carbonyl (C=O) groups excluding carboxylic acids is 1. The van der Waals surface area contributed by atoms with E-state index in [9.17, 15) is 18.0 Å². The minimum absolute atomic E-state index is 0.0662. The highest BCUT2D eigenvalue weighted by Crippen LogP contribution is 2.29. The number of carbonyl (C=O) groups is 1. The minimum atomic E-state index is -4.37. The maximum atomic E-state index is 12.4. The van der Waals surface area contributed by atoms with Gasteiger partial charge in [0.15, 0.2) is 5.78 Å². The van der Waals surface area contributed by atoms with Gasteiger partial charge in [-0.05, 0) is 12.1 Å². The summed E-state index contributed by atoms with van der Waals surface area (Å²) < 4.78 is 42.4. The van der Waals surface area contributed by atoms with Crippen LogP contribution < -0.4 is 5.32 Å². The van der Waals surface area contributed by atoms with Crippen molar-refractivity contribution in [1.29, 1.82) is 0 Å². The zero-order valence-corrected chi connectivity index (χ0v) is 10.2. The summed E-state index contributed by atoms with van der Waals surface area (Å²) in [5.41, 5.74) is -0.455. The summed E-state index contributed by atoms with van der Waals surface area (Å²) in [5, 5.41) is 3.13. The van der Waals surface area contributed by atoms with Gasteiger partial charge in [0.25, 0.3) is 0 Å². The Balaban J connectivity index is 1.99. The number of alkyl halides is 3. The predicted octanol–water partition coefficient (Wildman–Crippen LogP) is 2.27. The third kappa shape index (κ3) is 3.78. The summed E-state index contributed by atoms with van der Waals surface area (Å²) in [5.74, 6) is -0.184. The first-order valence-electron chi connectivity index (χ1n) is 5.98. The van der Waals surface area contributed by atoms with Crippen LogP contribution in [0.3, 0.4) is 0 Å². The van der Waals surface area contributed by atoms with E-state index in [4.69, 9.17) is 4.74 Å². The number of ketones is 1. The Kier molecular flexibility index (Phi) is 4.21. The van der Waals surface area contributed by atoms with Crippen LogP contribution in [0.4, 0.5) is 13.2 Å². The van der Waals surface area contributed by atoms with Gasteiger partial charge < -0.3 is 10.1 Å². The van der Waals surface area contributed by atoms with E-state index in [0.717, 1.165) is 12.1 Å². The number of hydrogen-bond donors (Lipinski definition) is 1. The van der Waals surface area contributed by atoms with Gasteiger partial charge in [0, 0.05) is 24.6 Å². The lowest BCUT2D eigenvalue weighted by Crippen LogP contribution is -2.42. The number of hydrogen-bond acceptors (Lipinski definition) is 3. The molecule has 1 aromatic rings. The smallest absolute Gasteiger partial charge is 0.378 e. The molecule has 1 atom stereocenters. The van der Waals surface area contributed by atoms with Crippen molar-refractivity contribution in [3.05, 3.63) is 35.4 Å². The Morgan fingerprint density at radius 3 is 2.53 bits per heavy atom. The van der Waals surface area contributed by atoms with Crippen molar-refractivity contribution in [3.63, 3.8) is 0 Å². The molecule has 2 rings (SSSR count). The molecule has 1 fully saturated rings. The molecule has 6 heteroatoms. The lowest BCUT2D eigenvalue weighted by molar-refractivity contribution is -0.137. The molecule has 104 valence electrons.